The van der Waals surface area contributed by atoms with Crippen molar-refractivity contribution in [3.05, 3.63) is 139 Å². The van der Waals surface area contributed by atoms with E-state index < -0.39 is 17.6 Å². The number of halogens is 2. The van der Waals surface area contributed by atoms with Crippen LogP contribution in [0.1, 0.15) is 47.3 Å². The third kappa shape index (κ3) is 8.87. The van der Waals surface area contributed by atoms with Gasteiger partial charge in [0.25, 0.3) is 5.91 Å². The summed E-state index contributed by atoms with van der Waals surface area (Å²) in [6.07, 6.45) is 0.200. The molecule has 0 unspecified atom stereocenters. The van der Waals surface area contributed by atoms with Crippen molar-refractivity contribution in [1.29, 1.82) is 0 Å². The molecule has 0 aromatic heterocycles. The number of aliphatic hydroxyl groups excluding tert-OH is 1. The van der Waals surface area contributed by atoms with Crippen molar-refractivity contribution in [2.75, 3.05) is 26.4 Å². The fourth-order valence-electron chi connectivity index (χ4n) is 5.71. The lowest BCUT2D eigenvalue weighted by Crippen LogP contribution is -2.54. The highest BCUT2D eigenvalue weighted by atomic mass is 35.5. The minimum Gasteiger partial charge on any atom is -0.494 e. The number of carbonyl (C=O) groups excluding carboxylic acids is 1. The monoisotopic (exact) mass is 716 g/mol. The van der Waals surface area contributed by atoms with E-state index in [9.17, 15) is 4.79 Å². The Hall–Kier alpha value is -4.77. The van der Waals surface area contributed by atoms with Gasteiger partial charge in [-0.15, -0.1) is 0 Å². The molecule has 0 spiro atoms. The van der Waals surface area contributed by atoms with Crippen molar-refractivity contribution >= 4 is 35.0 Å². The number of amides is 1. The summed E-state index contributed by atoms with van der Waals surface area (Å²) in [6, 6.07) is 27.4. The first-order valence-corrected chi connectivity index (χ1v) is 17.0. The second-order valence-corrected chi connectivity index (χ2v) is 12.3. The number of nitrogens with zero attached hydrogens (tertiary/aromatic N) is 4. The van der Waals surface area contributed by atoms with E-state index in [4.69, 9.17) is 53.0 Å². The molecule has 13 heteroatoms. The normalized spacial score (nSPS) is 16.6. The molecule has 1 aliphatic heterocycles. The molecule has 4 aromatic carbocycles. The molecule has 0 saturated carbocycles. The van der Waals surface area contributed by atoms with Crippen LogP contribution in [0.15, 0.2) is 101 Å². The van der Waals surface area contributed by atoms with Crippen molar-refractivity contribution in [2.45, 2.75) is 44.4 Å². The Labute approximate surface area is 300 Å². The molecule has 2 atom stereocenters. The van der Waals surface area contributed by atoms with Gasteiger partial charge in [-0.3, -0.25) is 10.2 Å². The van der Waals surface area contributed by atoms with Gasteiger partial charge in [-0.1, -0.05) is 76.8 Å². The molecule has 0 aliphatic carbocycles. The maximum absolute atomic E-state index is 14.6. The summed E-state index contributed by atoms with van der Waals surface area (Å²) in [7, 11) is 0. The van der Waals surface area contributed by atoms with E-state index >= 15 is 0 Å². The molecule has 1 amide bonds. The molecule has 0 radical (unpaired) electrons. The number of aliphatic hydroxyl groups is 1. The lowest BCUT2D eigenvalue weighted by atomic mass is 9.81. The molecule has 260 valence electrons. The third-order valence-electron chi connectivity index (χ3n) is 8.15. The van der Waals surface area contributed by atoms with Crippen LogP contribution >= 0.6 is 23.2 Å². The molecule has 0 bridgehead atoms. The van der Waals surface area contributed by atoms with Crippen LogP contribution in [-0.2, 0) is 28.9 Å². The van der Waals surface area contributed by atoms with Gasteiger partial charge in [0.1, 0.15) is 11.5 Å². The molecular weight excluding hydrogens is 679 g/mol. The second kappa shape index (κ2) is 17.8. The largest absolute Gasteiger partial charge is 0.494 e. The number of carbonyl (C=O) groups is 1. The van der Waals surface area contributed by atoms with E-state index in [1.807, 2.05) is 55.5 Å². The summed E-state index contributed by atoms with van der Waals surface area (Å²) in [5.41, 5.74) is 17.1. The van der Waals surface area contributed by atoms with Crippen LogP contribution in [-0.4, -0.2) is 48.8 Å². The number of hydrogen-bond donors (Lipinski definition) is 3. The number of hydrogen-bond acceptors (Lipinski definition) is 8. The fraction of sp³-hybridized carbons (Fsp3) is 0.297. The van der Waals surface area contributed by atoms with Crippen LogP contribution in [0.3, 0.4) is 0 Å². The van der Waals surface area contributed by atoms with Crippen molar-refractivity contribution < 1.29 is 24.1 Å². The molecular formula is C37H38Cl2N6O5. The highest BCUT2D eigenvalue weighted by Crippen LogP contribution is 2.45. The molecule has 50 heavy (non-hydrogen) atoms. The van der Waals surface area contributed by atoms with Gasteiger partial charge in [0.05, 0.1) is 19.8 Å². The van der Waals surface area contributed by atoms with E-state index in [1.165, 1.54) is 0 Å². The van der Waals surface area contributed by atoms with E-state index in [-0.39, 0.29) is 25.5 Å². The summed E-state index contributed by atoms with van der Waals surface area (Å²) in [6.45, 7) is 3.36. The summed E-state index contributed by atoms with van der Waals surface area (Å²) >= 11 is 13.1. The molecule has 0 saturated heterocycles. The van der Waals surface area contributed by atoms with Crippen molar-refractivity contribution in [1.82, 2.24) is 10.9 Å². The number of para-hydroxylation sites is 1. The summed E-state index contributed by atoms with van der Waals surface area (Å²) in [5.74, 6) is 1.18. The third-order valence-corrected chi connectivity index (χ3v) is 8.71. The minimum atomic E-state index is -1.58. The molecule has 3 N–H and O–H groups in total. The van der Waals surface area contributed by atoms with Gasteiger partial charge in [0.15, 0.2) is 11.6 Å². The van der Waals surface area contributed by atoms with Gasteiger partial charge >= 0.3 is 0 Å². The van der Waals surface area contributed by atoms with Crippen LogP contribution in [0.25, 0.3) is 10.4 Å². The highest BCUT2D eigenvalue weighted by molar-refractivity contribution is 6.35. The fourth-order valence-corrected chi connectivity index (χ4v) is 6.22. The first-order chi connectivity index (χ1) is 24.4. The average Bonchev–Trinajstić information content (AvgIpc) is 3.50. The quantitative estimate of drug-likeness (QED) is 0.0342. The van der Waals surface area contributed by atoms with Crippen molar-refractivity contribution in [2.24, 2.45) is 10.1 Å². The van der Waals surface area contributed by atoms with E-state index in [0.717, 1.165) is 22.4 Å². The molecule has 1 heterocycles. The topological polar surface area (TPSA) is 150 Å². The number of azide groups is 1. The standard InChI is InChI=1S/C37H38Cl2N6O5/c1-2-48-33-11-6-5-8-25(33)18-19-41-44-36(47)37(23-27-9-3-4-10-28(27)24-42-45-40)34(31-17-14-29(38)22-32(31)39)50-35(43-37)26-12-15-30(16-13-26)49-21-7-20-46/h3-6,8-17,22,34,41,46H,2,7,18-21,23-24H2,1H3,(H,44,47)/t34-,37-/m0/s1. The zero-order valence-corrected chi connectivity index (χ0v) is 29.0. The summed E-state index contributed by atoms with van der Waals surface area (Å²) in [5, 5.41) is 13.6. The SMILES string of the molecule is CCOc1ccccc1CCNNC(=O)[C@@]1(Cc2ccccc2CN=[N+]=[N-])N=C(c2ccc(OCCCO)cc2)O[C@H]1c1ccc(Cl)cc1Cl. The Morgan fingerprint density at radius 1 is 1.02 bits per heavy atom. The molecule has 4 aromatic rings. The van der Waals surface area contributed by atoms with Crippen LogP contribution in [0, 0.1) is 0 Å². The van der Waals surface area contributed by atoms with Crippen LogP contribution in [0.5, 0.6) is 11.5 Å². The number of benzene rings is 4. The van der Waals surface area contributed by atoms with Crippen molar-refractivity contribution in [3.63, 3.8) is 0 Å². The maximum atomic E-state index is 14.6. The van der Waals surface area contributed by atoms with Gasteiger partial charge in [0, 0.05) is 52.1 Å². The lowest BCUT2D eigenvalue weighted by Gasteiger charge is -2.32. The Balaban J connectivity index is 1.53. The van der Waals surface area contributed by atoms with Gasteiger partial charge in [-0.05, 0) is 78.0 Å². The predicted molar refractivity (Wildman–Crippen MR) is 194 cm³/mol. The molecule has 1 aliphatic rings. The highest BCUT2D eigenvalue weighted by Gasteiger charge is 2.54. The van der Waals surface area contributed by atoms with E-state index in [1.54, 1.807) is 42.5 Å². The summed E-state index contributed by atoms with van der Waals surface area (Å²) in [4.78, 5) is 22.6. The van der Waals surface area contributed by atoms with Crippen LogP contribution < -0.4 is 20.3 Å². The minimum absolute atomic E-state index is 0.0307. The number of nitrogens with one attached hydrogen (secondary N) is 2. The summed E-state index contributed by atoms with van der Waals surface area (Å²) < 4.78 is 18.1. The average molecular weight is 718 g/mol. The molecule has 0 fully saturated rings. The first kappa shape index (κ1) is 36.5. The Kier molecular flexibility index (Phi) is 13.0. The van der Waals surface area contributed by atoms with Gasteiger partial charge in [-0.25, -0.2) is 10.4 Å². The maximum Gasteiger partial charge on any atom is 0.266 e. The number of hydrazine groups is 1. The predicted octanol–water partition coefficient (Wildman–Crippen LogP) is 7.33. The second-order valence-electron chi connectivity index (χ2n) is 11.5. The molecule has 11 nitrogen and oxygen atoms in total. The zero-order valence-electron chi connectivity index (χ0n) is 27.5. The van der Waals surface area contributed by atoms with Crippen molar-refractivity contribution in [3.8, 4) is 11.5 Å². The van der Waals surface area contributed by atoms with Gasteiger partial charge in [-0.2, -0.15) is 0 Å². The number of rotatable bonds is 17. The Bertz CT molecular complexity index is 1850. The smallest absolute Gasteiger partial charge is 0.266 e. The molecule has 5 rings (SSSR count). The van der Waals surface area contributed by atoms with E-state index in [2.05, 4.69) is 20.9 Å². The first-order valence-electron chi connectivity index (χ1n) is 16.3. The van der Waals surface area contributed by atoms with Crippen LogP contribution in [0.2, 0.25) is 10.0 Å². The Morgan fingerprint density at radius 3 is 2.48 bits per heavy atom. The lowest BCUT2D eigenvalue weighted by molar-refractivity contribution is -0.130. The number of ether oxygens (including phenoxy) is 3. The van der Waals surface area contributed by atoms with Gasteiger partial charge < -0.3 is 19.3 Å². The Morgan fingerprint density at radius 2 is 1.76 bits per heavy atom. The van der Waals surface area contributed by atoms with Crippen LogP contribution in [0.4, 0.5) is 0 Å². The van der Waals surface area contributed by atoms with Gasteiger partial charge in [0.2, 0.25) is 5.90 Å². The zero-order chi connectivity index (χ0) is 35.3. The van der Waals surface area contributed by atoms with E-state index in [0.29, 0.717) is 59.5 Å². The number of aliphatic imine (C=N–C) groups is 1.